The minimum atomic E-state index is -2.68. The van der Waals surface area contributed by atoms with E-state index in [1.54, 1.807) is 0 Å². The van der Waals surface area contributed by atoms with Crippen LogP contribution >= 0.6 is 0 Å². The van der Waals surface area contributed by atoms with E-state index in [-0.39, 0.29) is 0 Å². The Bertz CT molecular complexity index is 186. The highest BCUT2D eigenvalue weighted by atomic mass is 16.6. The Hall–Kier alpha value is -0.240. The molecular weight excluding hydrogens is 168 g/mol. The van der Waals surface area contributed by atoms with Crippen LogP contribution in [0.1, 0.15) is 1.37 Å². The van der Waals surface area contributed by atoms with E-state index in [2.05, 4.69) is 4.74 Å². The van der Waals surface area contributed by atoms with Crippen LogP contribution in [0.5, 0.6) is 0 Å². The third kappa shape index (κ3) is 1.58. The SMILES string of the molecule is [3H][C@]1(O)[C@H](O)O[C@H](CO)[C@@H](O)[C@@H]1O. The van der Waals surface area contributed by atoms with E-state index in [1.807, 2.05) is 0 Å². The lowest BCUT2D eigenvalue weighted by Gasteiger charge is -2.37. The fourth-order valence-electron chi connectivity index (χ4n) is 0.991. The predicted molar refractivity (Wildman–Crippen MR) is 36.0 cm³/mol. The first-order valence-corrected chi connectivity index (χ1v) is 3.44. The zero-order valence-electron chi connectivity index (χ0n) is 7.16. The van der Waals surface area contributed by atoms with E-state index in [4.69, 9.17) is 26.9 Å². The lowest BCUT2D eigenvalue weighted by Crippen LogP contribution is -2.58. The molecule has 72 valence electrons. The molecule has 0 amide bonds. The van der Waals surface area contributed by atoms with Gasteiger partial charge in [0.25, 0.3) is 0 Å². The average molecular weight is 182 g/mol. The zero-order chi connectivity index (χ0) is 10.2. The van der Waals surface area contributed by atoms with Crippen LogP contribution in [0.3, 0.4) is 0 Å². The molecule has 1 fully saturated rings. The summed E-state index contributed by atoms with van der Waals surface area (Å²) in [4.78, 5) is 0. The fraction of sp³-hybridized carbons (Fsp3) is 1.00. The van der Waals surface area contributed by atoms with E-state index in [0.717, 1.165) is 0 Å². The number of hydrogen-bond donors (Lipinski definition) is 5. The molecule has 0 spiro atoms. The van der Waals surface area contributed by atoms with Crippen LogP contribution in [-0.2, 0) is 4.74 Å². The Kier molecular flexibility index (Phi) is 2.54. The highest BCUT2D eigenvalue weighted by molar-refractivity contribution is 4.87. The maximum atomic E-state index is 9.16. The molecule has 1 rings (SSSR count). The van der Waals surface area contributed by atoms with Gasteiger partial charge in [-0.3, -0.25) is 0 Å². The monoisotopic (exact) mass is 182 g/mol. The van der Waals surface area contributed by atoms with Crippen molar-refractivity contribution in [2.75, 3.05) is 6.61 Å². The second-order valence-electron chi connectivity index (χ2n) is 2.57. The minimum absolute atomic E-state index is 0.620. The summed E-state index contributed by atoms with van der Waals surface area (Å²) in [7, 11) is 0. The van der Waals surface area contributed by atoms with Gasteiger partial charge in [0.2, 0.25) is 0 Å². The van der Waals surface area contributed by atoms with E-state index in [9.17, 15) is 0 Å². The largest absolute Gasteiger partial charge is 0.394 e. The first-order chi connectivity index (χ1) is 5.91. The molecule has 1 aliphatic heterocycles. The van der Waals surface area contributed by atoms with Gasteiger partial charge < -0.3 is 30.3 Å². The maximum Gasteiger partial charge on any atom is 0.184 e. The summed E-state index contributed by atoms with van der Waals surface area (Å²) in [6, 6.07) is 0. The Labute approximate surface area is 70.0 Å². The van der Waals surface area contributed by atoms with Crippen LogP contribution < -0.4 is 0 Å². The minimum Gasteiger partial charge on any atom is -0.394 e. The van der Waals surface area contributed by atoms with E-state index < -0.39 is 37.3 Å². The molecule has 6 nitrogen and oxygen atoms in total. The summed E-state index contributed by atoms with van der Waals surface area (Å²) in [6.07, 6.45) is -9.31. The van der Waals surface area contributed by atoms with Crippen molar-refractivity contribution in [1.82, 2.24) is 0 Å². The molecule has 0 aromatic heterocycles. The highest BCUT2D eigenvalue weighted by Gasteiger charge is 2.42. The number of hydrogen-bond acceptors (Lipinski definition) is 6. The summed E-state index contributed by atoms with van der Waals surface area (Å²) in [5, 5.41) is 45.0. The number of ether oxygens (including phenoxy) is 1. The number of rotatable bonds is 1. The summed E-state index contributed by atoms with van der Waals surface area (Å²) < 4.78 is 11.5. The quantitative estimate of drug-likeness (QED) is 0.292. The third-order valence-corrected chi connectivity index (χ3v) is 1.74. The number of aliphatic hydroxyl groups is 5. The second kappa shape index (κ2) is 3.65. The Morgan fingerprint density at radius 1 is 1.17 bits per heavy atom. The molecule has 5 atom stereocenters. The molecule has 6 heteroatoms. The molecule has 1 heterocycles. The van der Waals surface area contributed by atoms with E-state index in [0.29, 0.717) is 0 Å². The van der Waals surface area contributed by atoms with Crippen molar-refractivity contribution >= 4 is 0 Å². The van der Waals surface area contributed by atoms with Crippen molar-refractivity contribution in [3.8, 4) is 0 Å². The van der Waals surface area contributed by atoms with Crippen molar-refractivity contribution in [1.29, 1.82) is 0 Å². The highest BCUT2D eigenvalue weighted by Crippen LogP contribution is 2.18. The van der Waals surface area contributed by atoms with Crippen LogP contribution in [0.2, 0.25) is 0 Å². The molecule has 0 aromatic carbocycles. The molecule has 12 heavy (non-hydrogen) atoms. The Morgan fingerprint density at radius 3 is 2.25 bits per heavy atom. The van der Waals surface area contributed by atoms with E-state index in [1.165, 1.54) is 0 Å². The smallest absolute Gasteiger partial charge is 0.184 e. The molecule has 0 unspecified atom stereocenters. The van der Waals surface area contributed by atoms with Crippen molar-refractivity contribution in [2.24, 2.45) is 0 Å². The lowest BCUT2D eigenvalue weighted by atomic mass is 10.00. The summed E-state index contributed by atoms with van der Waals surface area (Å²) in [5.74, 6) is 0. The third-order valence-electron chi connectivity index (χ3n) is 1.74. The van der Waals surface area contributed by atoms with Crippen LogP contribution in [0.25, 0.3) is 0 Å². The Balaban J connectivity index is 2.79. The van der Waals surface area contributed by atoms with Gasteiger partial charge in [-0.15, -0.1) is 0 Å². The molecule has 0 bridgehead atoms. The van der Waals surface area contributed by atoms with Gasteiger partial charge in [0.1, 0.15) is 24.4 Å². The van der Waals surface area contributed by atoms with Gasteiger partial charge in [0.15, 0.2) is 6.29 Å². The van der Waals surface area contributed by atoms with E-state index >= 15 is 0 Å². The summed E-state index contributed by atoms with van der Waals surface area (Å²) in [5.41, 5.74) is 0. The van der Waals surface area contributed by atoms with Gasteiger partial charge in [-0.05, 0) is 0 Å². The summed E-state index contributed by atoms with van der Waals surface area (Å²) >= 11 is 0. The fourth-order valence-corrected chi connectivity index (χ4v) is 0.991. The predicted octanol–water partition coefficient (Wildman–Crippen LogP) is -3.22. The molecule has 5 N–H and O–H groups in total. The second-order valence-corrected chi connectivity index (χ2v) is 2.57. The first-order valence-electron chi connectivity index (χ1n) is 3.94. The van der Waals surface area contributed by atoms with Crippen LogP contribution in [-0.4, -0.2) is 62.8 Å². The van der Waals surface area contributed by atoms with Gasteiger partial charge in [-0.25, -0.2) is 0 Å². The zero-order valence-corrected chi connectivity index (χ0v) is 6.16. The molecule has 0 radical (unpaired) electrons. The molecule has 0 aliphatic carbocycles. The van der Waals surface area contributed by atoms with Gasteiger partial charge in [-0.2, -0.15) is 0 Å². The first kappa shape index (κ1) is 8.36. The number of aliphatic hydroxyl groups excluding tert-OH is 4. The maximum absolute atomic E-state index is 9.16. The van der Waals surface area contributed by atoms with Crippen molar-refractivity contribution < 1.29 is 31.6 Å². The molecular formula is C6H12O6. The molecule has 0 aromatic rings. The average Bonchev–Trinajstić information content (AvgIpc) is 2.09. The van der Waals surface area contributed by atoms with Crippen molar-refractivity contribution in [3.63, 3.8) is 0 Å². The van der Waals surface area contributed by atoms with Crippen LogP contribution in [0.15, 0.2) is 0 Å². The van der Waals surface area contributed by atoms with Crippen LogP contribution in [0, 0.1) is 0 Å². The van der Waals surface area contributed by atoms with Gasteiger partial charge in [0, 0.05) is 0 Å². The molecule has 1 saturated heterocycles. The van der Waals surface area contributed by atoms with Gasteiger partial charge in [0.05, 0.1) is 7.98 Å². The molecule has 1 aliphatic rings. The Morgan fingerprint density at radius 2 is 1.75 bits per heavy atom. The standard InChI is InChI=1S/C6H12O6/c7-1-2-3(8)4(9)5(10)6(11)12-2/h2-11H,1H2/t2-,3-,4+,5-,6-/m1/s1/i5T. The lowest BCUT2D eigenvalue weighted by molar-refractivity contribution is -0.286. The van der Waals surface area contributed by atoms with Gasteiger partial charge >= 0.3 is 0 Å². The van der Waals surface area contributed by atoms with Gasteiger partial charge in [-0.1, -0.05) is 0 Å². The van der Waals surface area contributed by atoms with Crippen LogP contribution in [0.4, 0.5) is 0 Å². The topological polar surface area (TPSA) is 110 Å². The van der Waals surface area contributed by atoms with Crippen molar-refractivity contribution in [3.05, 3.63) is 0 Å². The van der Waals surface area contributed by atoms with Crippen molar-refractivity contribution in [2.45, 2.75) is 30.7 Å². The summed E-state index contributed by atoms with van der Waals surface area (Å²) in [6.45, 7) is -0.620. The molecule has 0 saturated carbocycles. The normalized spacial score (nSPS) is 56.6.